The lowest BCUT2D eigenvalue weighted by atomic mass is 10.1. The van der Waals surface area contributed by atoms with Crippen molar-refractivity contribution in [1.82, 2.24) is 19.4 Å². The van der Waals surface area contributed by atoms with E-state index >= 15 is 0 Å². The van der Waals surface area contributed by atoms with Gasteiger partial charge < -0.3 is 14.8 Å². The second-order valence-corrected chi connectivity index (χ2v) is 6.84. The fourth-order valence-electron chi connectivity index (χ4n) is 3.20. The molecule has 2 aromatic heterocycles. The Bertz CT molecular complexity index is 1150. The van der Waals surface area contributed by atoms with Gasteiger partial charge in [0.25, 0.3) is 5.91 Å². The van der Waals surface area contributed by atoms with Gasteiger partial charge in [-0.05, 0) is 36.4 Å². The van der Waals surface area contributed by atoms with Crippen LogP contribution >= 0.6 is 0 Å². The van der Waals surface area contributed by atoms with Crippen LogP contribution in [0.15, 0.2) is 67.0 Å². The molecular formula is C22H21N5O. The van der Waals surface area contributed by atoms with Crippen LogP contribution in [-0.4, -0.2) is 39.4 Å². The van der Waals surface area contributed by atoms with Gasteiger partial charge in [-0.2, -0.15) is 0 Å². The Morgan fingerprint density at radius 3 is 2.54 bits per heavy atom. The van der Waals surface area contributed by atoms with E-state index in [2.05, 4.69) is 38.2 Å². The molecule has 1 amide bonds. The van der Waals surface area contributed by atoms with Crippen LogP contribution in [0.4, 0.5) is 11.6 Å². The number of aromatic nitrogens is 3. The summed E-state index contributed by atoms with van der Waals surface area (Å²) < 4.78 is 2.10. The Kier molecular flexibility index (Phi) is 4.53. The van der Waals surface area contributed by atoms with Gasteiger partial charge in [0.05, 0.1) is 5.69 Å². The number of hydrogen-bond acceptors (Lipinski definition) is 4. The third-order valence-corrected chi connectivity index (χ3v) is 4.62. The SMILES string of the molecule is CN(C)C(=O)c1ccc(Nc2nccc(-c3cn(C)c4ccccc34)n2)cc1. The van der Waals surface area contributed by atoms with Gasteiger partial charge in [-0.15, -0.1) is 0 Å². The first kappa shape index (κ1) is 17.7. The van der Waals surface area contributed by atoms with Crippen molar-refractivity contribution in [2.24, 2.45) is 7.05 Å². The maximum absolute atomic E-state index is 12.0. The van der Waals surface area contributed by atoms with Crippen molar-refractivity contribution in [3.63, 3.8) is 0 Å². The third kappa shape index (κ3) is 3.32. The van der Waals surface area contributed by atoms with E-state index in [-0.39, 0.29) is 5.91 Å². The number of carbonyl (C=O) groups excluding carboxylic acids is 1. The molecule has 0 aliphatic carbocycles. The number of carbonyl (C=O) groups is 1. The largest absolute Gasteiger partial charge is 0.350 e. The third-order valence-electron chi connectivity index (χ3n) is 4.62. The molecule has 0 unspecified atom stereocenters. The van der Waals surface area contributed by atoms with Crippen LogP contribution in [0.1, 0.15) is 10.4 Å². The smallest absolute Gasteiger partial charge is 0.253 e. The molecule has 4 rings (SSSR count). The Hall–Kier alpha value is -3.67. The molecule has 0 aliphatic rings. The van der Waals surface area contributed by atoms with Crippen molar-refractivity contribution in [3.8, 4) is 11.3 Å². The minimum Gasteiger partial charge on any atom is -0.350 e. The molecule has 0 aliphatic heterocycles. The first-order valence-corrected chi connectivity index (χ1v) is 8.99. The van der Waals surface area contributed by atoms with E-state index in [1.54, 1.807) is 37.3 Å². The van der Waals surface area contributed by atoms with Crippen LogP contribution in [-0.2, 0) is 7.05 Å². The van der Waals surface area contributed by atoms with Crippen molar-refractivity contribution >= 4 is 28.4 Å². The molecule has 2 aromatic carbocycles. The van der Waals surface area contributed by atoms with Crippen LogP contribution in [0.5, 0.6) is 0 Å². The number of benzene rings is 2. The maximum Gasteiger partial charge on any atom is 0.253 e. The summed E-state index contributed by atoms with van der Waals surface area (Å²) >= 11 is 0. The summed E-state index contributed by atoms with van der Waals surface area (Å²) in [6, 6.07) is 17.4. The second kappa shape index (κ2) is 7.15. The summed E-state index contributed by atoms with van der Waals surface area (Å²) in [5.41, 5.74) is 4.54. The lowest BCUT2D eigenvalue weighted by Crippen LogP contribution is -2.21. The van der Waals surface area contributed by atoms with Crippen molar-refractivity contribution in [2.45, 2.75) is 0 Å². The van der Waals surface area contributed by atoms with E-state index in [1.807, 2.05) is 37.4 Å². The molecular weight excluding hydrogens is 350 g/mol. The highest BCUT2D eigenvalue weighted by atomic mass is 16.2. The monoisotopic (exact) mass is 371 g/mol. The number of fused-ring (bicyclic) bond motifs is 1. The quantitative estimate of drug-likeness (QED) is 0.587. The number of hydrogen-bond donors (Lipinski definition) is 1. The van der Waals surface area contributed by atoms with Crippen LogP contribution in [0.25, 0.3) is 22.2 Å². The maximum atomic E-state index is 12.0. The summed E-state index contributed by atoms with van der Waals surface area (Å²) in [6.07, 6.45) is 3.83. The van der Waals surface area contributed by atoms with Gasteiger partial charge in [0.1, 0.15) is 0 Å². The lowest BCUT2D eigenvalue weighted by molar-refractivity contribution is 0.0827. The predicted molar refractivity (Wildman–Crippen MR) is 112 cm³/mol. The number of nitrogens with one attached hydrogen (secondary N) is 1. The molecule has 0 atom stereocenters. The van der Waals surface area contributed by atoms with Crippen LogP contribution < -0.4 is 5.32 Å². The van der Waals surface area contributed by atoms with Gasteiger partial charge in [0.2, 0.25) is 5.95 Å². The molecule has 0 fully saturated rings. The minimum atomic E-state index is -0.0271. The Morgan fingerprint density at radius 2 is 1.79 bits per heavy atom. The molecule has 1 N–H and O–H groups in total. The Balaban J connectivity index is 1.62. The topological polar surface area (TPSA) is 63.1 Å². The van der Waals surface area contributed by atoms with Gasteiger partial charge in [-0.1, -0.05) is 18.2 Å². The first-order chi connectivity index (χ1) is 13.5. The standard InChI is InChI=1S/C22H21N5O/c1-26(2)21(28)15-8-10-16(11-9-15)24-22-23-13-12-19(25-22)18-14-27(3)20-7-5-4-6-17(18)20/h4-14H,1-3H3,(H,23,24,25). The number of para-hydroxylation sites is 1. The summed E-state index contributed by atoms with van der Waals surface area (Å²) in [4.78, 5) is 22.6. The minimum absolute atomic E-state index is 0.0271. The van der Waals surface area contributed by atoms with Gasteiger partial charge in [0.15, 0.2) is 0 Å². The van der Waals surface area contributed by atoms with E-state index in [1.165, 1.54) is 0 Å². The van der Waals surface area contributed by atoms with Crippen LogP contribution in [0.2, 0.25) is 0 Å². The summed E-state index contributed by atoms with van der Waals surface area (Å²) in [6.45, 7) is 0. The van der Waals surface area contributed by atoms with Gasteiger partial charge in [-0.3, -0.25) is 4.79 Å². The van der Waals surface area contributed by atoms with E-state index in [9.17, 15) is 4.79 Å². The number of amides is 1. The number of rotatable bonds is 4. The van der Waals surface area contributed by atoms with E-state index in [0.717, 1.165) is 27.8 Å². The van der Waals surface area contributed by atoms with E-state index < -0.39 is 0 Å². The average molecular weight is 371 g/mol. The summed E-state index contributed by atoms with van der Waals surface area (Å²) in [5, 5.41) is 4.36. The second-order valence-electron chi connectivity index (χ2n) is 6.84. The highest BCUT2D eigenvalue weighted by Gasteiger charge is 2.11. The van der Waals surface area contributed by atoms with E-state index in [0.29, 0.717) is 11.5 Å². The molecule has 140 valence electrons. The zero-order valence-electron chi connectivity index (χ0n) is 16.0. The molecule has 2 heterocycles. The lowest BCUT2D eigenvalue weighted by Gasteiger charge is -2.11. The Morgan fingerprint density at radius 1 is 1.04 bits per heavy atom. The molecule has 0 saturated heterocycles. The highest BCUT2D eigenvalue weighted by Crippen LogP contribution is 2.29. The van der Waals surface area contributed by atoms with E-state index in [4.69, 9.17) is 0 Å². The zero-order valence-corrected chi connectivity index (χ0v) is 16.0. The van der Waals surface area contributed by atoms with Crippen LogP contribution in [0.3, 0.4) is 0 Å². The molecule has 6 nitrogen and oxygen atoms in total. The fourth-order valence-corrected chi connectivity index (χ4v) is 3.20. The van der Waals surface area contributed by atoms with Crippen molar-refractivity contribution in [2.75, 3.05) is 19.4 Å². The highest BCUT2D eigenvalue weighted by molar-refractivity contribution is 5.95. The average Bonchev–Trinajstić information content (AvgIpc) is 3.05. The molecule has 6 heteroatoms. The number of anilines is 2. The number of nitrogens with zero attached hydrogens (tertiary/aromatic N) is 4. The van der Waals surface area contributed by atoms with Crippen molar-refractivity contribution in [3.05, 3.63) is 72.6 Å². The van der Waals surface area contributed by atoms with Gasteiger partial charge in [-0.25, -0.2) is 9.97 Å². The normalized spacial score (nSPS) is 10.8. The molecule has 0 radical (unpaired) electrons. The molecule has 0 bridgehead atoms. The van der Waals surface area contributed by atoms with Gasteiger partial charge in [0, 0.05) is 61.3 Å². The molecule has 28 heavy (non-hydrogen) atoms. The molecule has 4 aromatic rings. The van der Waals surface area contributed by atoms with Crippen molar-refractivity contribution < 1.29 is 4.79 Å². The number of aryl methyl sites for hydroxylation is 1. The fraction of sp³-hybridized carbons (Fsp3) is 0.136. The first-order valence-electron chi connectivity index (χ1n) is 8.99. The summed E-state index contributed by atoms with van der Waals surface area (Å²) in [7, 11) is 5.50. The molecule has 0 saturated carbocycles. The van der Waals surface area contributed by atoms with Crippen LogP contribution in [0, 0.1) is 0 Å². The van der Waals surface area contributed by atoms with Crippen molar-refractivity contribution in [1.29, 1.82) is 0 Å². The Labute approximate surface area is 163 Å². The summed E-state index contributed by atoms with van der Waals surface area (Å²) in [5.74, 6) is 0.484. The predicted octanol–water partition coefficient (Wildman–Crippen LogP) is 4.08. The molecule has 0 spiro atoms. The van der Waals surface area contributed by atoms with Gasteiger partial charge >= 0.3 is 0 Å². The zero-order chi connectivity index (χ0) is 19.7.